The van der Waals surface area contributed by atoms with Gasteiger partial charge in [0, 0.05) is 6.54 Å². The van der Waals surface area contributed by atoms with Gasteiger partial charge in [0.05, 0.1) is 5.02 Å². The number of carbonyl (C=O) groups excluding carboxylic acids is 3. The second-order valence-corrected chi connectivity index (χ2v) is 5.94. The molecule has 0 atom stereocenters. The molecule has 1 rings (SSSR count). The predicted octanol–water partition coefficient (Wildman–Crippen LogP) is 2.05. The van der Waals surface area contributed by atoms with Crippen molar-refractivity contribution in [1.29, 1.82) is 0 Å². The summed E-state index contributed by atoms with van der Waals surface area (Å²) in [5, 5.41) is 4.93. The van der Waals surface area contributed by atoms with Gasteiger partial charge in [-0.05, 0) is 30.5 Å². The zero-order chi connectivity index (χ0) is 18.1. The van der Waals surface area contributed by atoms with Crippen molar-refractivity contribution in [2.75, 3.05) is 19.8 Å². The quantitative estimate of drug-likeness (QED) is 0.729. The maximum Gasteiger partial charge on any atom is 0.344 e. The number of amides is 3. The minimum Gasteiger partial charge on any atom is -0.480 e. The van der Waals surface area contributed by atoms with Crippen LogP contribution in [0.1, 0.15) is 19.4 Å². The van der Waals surface area contributed by atoms with Gasteiger partial charge in [0.15, 0.2) is 13.2 Å². The zero-order valence-corrected chi connectivity index (χ0v) is 14.6. The molecule has 0 fully saturated rings. The van der Waals surface area contributed by atoms with E-state index in [9.17, 15) is 14.4 Å². The lowest BCUT2D eigenvalue weighted by atomic mass is 10.2. The first kappa shape index (κ1) is 19.8. The Morgan fingerprint density at radius 3 is 2.58 bits per heavy atom. The van der Waals surface area contributed by atoms with E-state index in [1.807, 2.05) is 26.8 Å². The summed E-state index contributed by atoms with van der Waals surface area (Å²) < 4.78 is 9.96. The molecule has 1 aromatic carbocycles. The van der Waals surface area contributed by atoms with Crippen LogP contribution >= 0.6 is 11.6 Å². The lowest BCUT2D eigenvalue weighted by molar-refractivity contribution is -0.150. The predicted molar refractivity (Wildman–Crippen MR) is 89.0 cm³/mol. The number of hydrogen-bond donors (Lipinski definition) is 2. The average Bonchev–Trinajstić information content (AvgIpc) is 2.51. The number of nitrogens with one attached hydrogen (secondary N) is 2. The fourth-order valence-electron chi connectivity index (χ4n) is 1.55. The van der Waals surface area contributed by atoms with Crippen LogP contribution in [-0.4, -0.2) is 37.7 Å². The number of benzene rings is 1. The number of carbonyl (C=O) groups is 3. The summed E-state index contributed by atoms with van der Waals surface area (Å²) in [6.07, 6.45) is 0. The summed E-state index contributed by atoms with van der Waals surface area (Å²) >= 11 is 5.93. The molecule has 0 aliphatic carbocycles. The van der Waals surface area contributed by atoms with Crippen molar-refractivity contribution >= 4 is 29.5 Å². The Hall–Kier alpha value is -2.28. The molecule has 0 aliphatic heterocycles. The first-order valence-corrected chi connectivity index (χ1v) is 7.78. The highest BCUT2D eigenvalue weighted by Gasteiger charge is 2.12. The van der Waals surface area contributed by atoms with Crippen LogP contribution in [0.5, 0.6) is 5.75 Å². The number of halogens is 1. The van der Waals surface area contributed by atoms with E-state index in [2.05, 4.69) is 10.6 Å². The maximum absolute atomic E-state index is 11.5. The first-order valence-electron chi connectivity index (χ1n) is 7.40. The van der Waals surface area contributed by atoms with E-state index in [1.54, 1.807) is 12.1 Å². The fraction of sp³-hybridized carbons (Fsp3) is 0.438. The van der Waals surface area contributed by atoms with Crippen molar-refractivity contribution < 1.29 is 23.9 Å². The Labute approximate surface area is 145 Å². The molecule has 8 heteroatoms. The van der Waals surface area contributed by atoms with Gasteiger partial charge in [-0.1, -0.05) is 31.5 Å². The van der Waals surface area contributed by atoms with Gasteiger partial charge >= 0.3 is 12.0 Å². The smallest absolute Gasteiger partial charge is 0.344 e. The van der Waals surface area contributed by atoms with Crippen molar-refractivity contribution in [1.82, 2.24) is 10.6 Å². The Morgan fingerprint density at radius 2 is 1.92 bits per heavy atom. The van der Waals surface area contributed by atoms with E-state index in [0.717, 1.165) is 5.56 Å². The molecule has 0 aliphatic rings. The Bertz CT molecular complexity index is 604. The summed E-state index contributed by atoms with van der Waals surface area (Å²) in [4.78, 5) is 34.4. The summed E-state index contributed by atoms with van der Waals surface area (Å²) in [7, 11) is 0. The van der Waals surface area contributed by atoms with E-state index >= 15 is 0 Å². The third-order valence-corrected chi connectivity index (χ3v) is 3.03. The zero-order valence-electron chi connectivity index (χ0n) is 13.8. The van der Waals surface area contributed by atoms with Crippen LogP contribution in [-0.2, 0) is 14.3 Å². The minimum absolute atomic E-state index is 0.259. The summed E-state index contributed by atoms with van der Waals surface area (Å²) in [6, 6.07) is 4.51. The monoisotopic (exact) mass is 356 g/mol. The topological polar surface area (TPSA) is 93.7 Å². The van der Waals surface area contributed by atoms with Crippen LogP contribution in [0.2, 0.25) is 5.02 Å². The second kappa shape index (κ2) is 9.77. The molecule has 1 aromatic rings. The third-order valence-electron chi connectivity index (χ3n) is 2.72. The molecule has 3 amide bonds. The molecule has 0 unspecified atom stereocenters. The van der Waals surface area contributed by atoms with Gasteiger partial charge in [-0.3, -0.25) is 10.1 Å². The Kier molecular flexibility index (Phi) is 8.05. The van der Waals surface area contributed by atoms with Crippen molar-refractivity contribution in [3.8, 4) is 5.75 Å². The molecule has 0 saturated carbocycles. The summed E-state index contributed by atoms with van der Waals surface area (Å²) in [6.45, 7) is 5.17. The maximum atomic E-state index is 11.5. The Morgan fingerprint density at radius 1 is 1.21 bits per heavy atom. The molecule has 0 bridgehead atoms. The Balaban J connectivity index is 2.29. The average molecular weight is 357 g/mol. The van der Waals surface area contributed by atoms with Crippen LogP contribution in [0.3, 0.4) is 0 Å². The SMILES string of the molecule is Cc1ccc(Cl)c(OCC(=O)OCC(=O)NC(=O)NCC(C)C)c1. The van der Waals surface area contributed by atoms with Gasteiger partial charge in [-0.15, -0.1) is 0 Å². The number of rotatable bonds is 7. The van der Waals surface area contributed by atoms with Gasteiger partial charge in [0.2, 0.25) is 0 Å². The molecule has 24 heavy (non-hydrogen) atoms. The largest absolute Gasteiger partial charge is 0.480 e. The summed E-state index contributed by atoms with van der Waals surface area (Å²) in [5.74, 6) is -0.857. The van der Waals surface area contributed by atoms with E-state index in [0.29, 0.717) is 17.3 Å². The molecule has 0 saturated heterocycles. The molecule has 0 radical (unpaired) electrons. The van der Waals surface area contributed by atoms with Gasteiger partial charge in [-0.25, -0.2) is 9.59 Å². The van der Waals surface area contributed by atoms with E-state index < -0.39 is 31.1 Å². The van der Waals surface area contributed by atoms with E-state index in [4.69, 9.17) is 21.1 Å². The highest BCUT2D eigenvalue weighted by Crippen LogP contribution is 2.25. The lowest BCUT2D eigenvalue weighted by Gasteiger charge is -2.10. The first-order chi connectivity index (χ1) is 11.3. The normalized spacial score (nSPS) is 10.2. The third kappa shape index (κ3) is 7.82. The highest BCUT2D eigenvalue weighted by atomic mass is 35.5. The molecule has 0 spiro atoms. The second-order valence-electron chi connectivity index (χ2n) is 5.54. The van der Waals surface area contributed by atoms with Crippen molar-refractivity contribution in [3.63, 3.8) is 0 Å². The lowest BCUT2D eigenvalue weighted by Crippen LogP contribution is -2.42. The van der Waals surface area contributed by atoms with Gasteiger partial charge in [0.25, 0.3) is 5.91 Å². The molecule has 132 valence electrons. The van der Waals surface area contributed by atoms with Gasteiger partial charge in [0.1, 0.15) is 5.75 Å². The molecular formula is C16H21ClN2O5. The van der Waals surface area contributed by atoms with E-state index in [-0.39, 0.29) is 5.92 Å². The van der Waals surface area contributed by atoms with Crippen molar-refractivity contribution in [2.24, 2.45) is 5.92 Å². The molecular weight excluding hydrogens is 336 g/mol. The van der Waals surface area contributed by atoms with Crippen LogP contribution in [0.4, 0.5) is 4.79 Å². The van der Waals surface area contributed by atoms with Crippen molar-refractivity contribution in [2.45, 2.75) is 20.8 Å². The number of aryl methyl sites for hydroxylation is 1. The number of imide groups is 1. The number of esters is 1. The number of hydrogen-bond acceptors (Lipinski definition) is 5. The molecule has 7 nitrogen and oxygen atoms in total. The van der Waals surface area contributed by atoms with Gasteiger partial charge in [-0.2, -0.15) is 0 Å². The molecule has 0 aromatic heterocycles. The van der Waals surface area contributed by atoms with E-state index in [1.165, 1.54) is 0 Å². The number of ether oxygens (including phenoxy) is 2. The molecule has 0 heterocycles. The van der Waals surface area contributed by atoms with Crippen LogP contribution in [0.25, 0.3) is 0 Å². The fourth-order valence-corrected chi connectivity index (χ4v) is 1.72. The highest BCUT2D eigenvalue weighted by molar-refractivity contribution is 6.32. The van der Waals surface area contributed by atoms with Crippen LogP contribution in [0, 0.1) is 12.8 Å². The minimum atomic E-state index is -0.745. The number of urea groups is 1. The van der Waals surface area contributed by atoms with Gasteiger partial charge < -0.3 is 14.8 Å². The molecule has 2 N–H and O–H groups in total. The van der Waals surface area contributed by atoms with Crippen LogP contribution in [0.15, 0.2) is 18.2 Å². The standard InChI is InChI=1S/C16H21ClN2O5/c1-10(2)7-18-16(22)19-14(20)8-24-15(21)9-23-13-6-11(3)4-5-12(13)17/h4-6,10H,7-9H2,1-3H3,(H2,18,19,20,22). The van der Waals surface area contributed by atoms with Crippen LogP contribution < -0.4 is 15.4 Å². The summed E-state index contributed by atoms with van der Waals surface area (Å²) in [5.41, 5.74) is 0.926. The van der Waals surface area contributed by atoms with Crippen molar-refractivity contribution in [3.05, 3.63) is 28.8 Å².